The van der Waals surface area contributed by atoms with E-state index in [-0.39, 0.29) is 36.1 Å². The zero-order valence-electron chi connectivity index (χ0n) is 19.5. The van der Waals surface area contributed by atoms with Crippen molar-refractivity contribution in [3.63, 3.8) is 0 Å². The van der Waals surface area contributed by atoms with E-state index in [1.54, 1.807) is 28.4 Å². The molecule has 0 bridgehead atoms. The lowest BCUT2D eigenvalue weighted by atomic mass is 10.0. The van der Waals surface area contributed by atoms with Gasteiger partial charge in [0, 0.05) is 30.4 Å². The molecule has 3 heterocycles. The van der Waals surface area contributed by atoms with Crippen LogP contribution in [0.5, 0.6) is 5.75 Å². The zero-order valence-corrected chi connectivity index (χ0v) is 20.3. The fraction of sp³-hybridized carbons (Fsp3) is 0.538. The van der Waals surface area contributed by atoms with Crippen LogP contribution in [-0.2, 0) is 16.0 Å². The molecule has 0 unspecified atom stereocenters. The van der Waals surface area contributed by atoms with Crippen LogP contribution >= 0.6 is 11.3 Å². The minimum absolute atomic E-state index is 0.0278. The van der Waals surface area contributed by atoms with Gasteiger partial charge in [-0.25, -0.2) is 4.39 Å². The molecule has 3 aliphatic rings. The second-order valence-electron chi connectivity index (χ2n) is 9.50. The lowest BCUT2D eigenvalue weighted by Crippen LogP contribution is -2.49. The van der Waals surface area contributed by atoms with Gasteiger partial charge in [-0.1, -0.05) is 0 Å². The highest BCUT2D eigenvalue weighted by molar-refractivity contribution is 7.10. The van der Waals surface area contributed by atoms with E-state index >= 15 is 0 Å². The quantitative estimate of drug-likeness (QED) is 0.543. The number of halogens is 1. The number of carbonyl (C=O) groups is 2. The average Bonchev–Trinajstić information content (AvgIpc) is 3.35. The molecule has 1 aromatic heterocycles. The first-order chi connectivity index (χ1) is 16.6. The van der Waals surface area contributed by atoms with Gasteiger partial charge in [-0.05, 0) is 86.5 Å². The highest BCUT2D eigenvalue weighted by Crippen LogP contribution is 2.35. The normalized spacial score (nSPS) is 20.3. The molecule has 2 aromatic rings. The zero-order chi connectivity index (χ0) is 23.5. The van der Waals surface area contributed by atoms with Gasteiger partial charge in [0.15, 0.2) is 0 Å². The van der Waals surface area contributed by atoms with Gasteiger partial charge >= 0.3 is 0 Å². The molecule has 1 atom stereocenters. The maximum absolute atomic E-state index is 13.6. The van der Waals surface area contributed by atoms with Crippen LogP contribution in [0.15, 0.2) is 35.7 Å². The molecule has 1 aliphatic carbocycles. The molecule has 6 nitrogen and oxygen atoms in total. The summed E-state index contributed by atoms with van der Waals surface area (Å²) in [5, 5.41) is 2.06. The lowest BCUT2D eigenvalue weighted by molar-refractivity contribution is -0.143. The van der Waals surface area contributed by atoms with Crippen molar-refractivity contribution in [2.24, 2.45) is 5.92 Å². The molecule has 182 valence electrons. The van der Waals surface area contributed by atoms with Gasteiger partial charge in [0.1, 0.15) is 18.2 Å². The number of hydrogen-bond acceptors (Lipinski definition) is 5. The third kappa shape index (κ3) is 5.44. The smallest absolute Gasteiger partial charge is 0.242 e. The minimum Gasteiger partial charge on any atom is -0.491 e. The molecule has 0 N–H and O–H groups in total. The standard InChI is InChI=1S/C26H32FN3O3S/c27-20-5-7-21(8-6-20)33-18-23-22-10-16-34-24(22)9-13-30(23)25(31)17-29(26(32)19-3-4-19)15-14-28-11-1-2-12-28/h5-8,10,16,19,23H,1-4,9,11-15,17-18H2/t23-/m0/s1. The Bertz CT molecular complexity index is 1000. The monoisotopic (exact) mass is 485 g/mol. The van der Waals surface area contributed by atoms with Crippen molar-refractivity contribution in [3.05, 3.63) is 52.0 Å². The maximum atomic E-state index is 13.6. The molecule has 1 saturated heterocycles. The second-order valence-corrected chi connectivity index (χ2v) is 10.5. The van der Waals surface area contributed by atoms with E-state index in [0.717, 1.165) is 44.5 Å². The van der Waals surface area contributed by atoms with Gasteiger partial charge in [-0.15, -0.1) is 11.3 Å². The number of thiophene rings is 1. The summed E-state index contributed by atoms with van der Waals surface area (Å²) in [5.74, 6) is 0.456. The molecule has 5 rings (SSSR count). The summed E-state index contributed by atoms with van der Waals surface area (Å²) >= 11 is 1.71. The number of rotatable bonds is 9. The van der Waals surface area contributed by atoms with Crippen LogP contribution in [0.1, 0.15) is 42.2 Å². The van der Waals surface area contributed by atoms with Crippen LogP contribution < -0.4 is 4.74 Å². The Kier molecular flexibility index (Phi) is 7.15. The Morgan fingerprint density at radius 2 is 1.85 bits per heavy atom. The van der Waals surface area contributed by atoms with Crippen molar-refractivity contribution < 1.29 is 18.7 Å². The van der Waals surface area contributed by atoms with Crippen LogP contribution in [0.4, 0.5) is 4.39 Å². The Morgan fingerprint density at radius 3 is 2.59 bits per heavy atom. The van der Waals surface area contributed by atoms with Gasteiger partial charge in [0.25, 0.3) is 0 Å². The summed E-state index contributed by atoms with van der Waals surface area (Å²) in [6.45, 7) is 4.62. The summed E-state index contributed by atoms with van der Waals surface area (Å²) < 4.78 is 19.3. The van der Waals surface area contributed by atoms with E-state index in [1.807, 2.05) is 4.90 Å². The van der Waals surface area contributed by atoms with Gasteiger partial charge in [-0.3, -0.25) is 9.59 Å². The molecule has 2 amide bonds. The van der Waals surface area contributed by atoms with Crippen molar-refractivity contribution in [3.8, 4) is 5.75 Å². The number of carbonyl (C=O) groups excluding carboxylic acids is 2. The second kappa shape index (κ2) is 10.4. The first kappa shape index (κ1) is 23.3. The molecule has 2 fully saturated rings. The number of ether oxygens (including phenoxy) is 1. The van der Waals surface area contributed by atoms with E-state index in [4.69, 9.17) is 4.74 Å². The molecule has 8 heteroatoms. The fourth-order valence-corrected chi connectivity index (χ4v) is 5.89. The van der Waals surface area contributed by atoms with E-state index < -0.39 is 0 Å². The number of hydrogen-bond donors (Lipinski definition) is 0. The molecule has 2 aliphatic heterocycles. The summed E-state index contributed by atoms with van der Waals surface area (Å²) in [4.78, 5) is 33.9. The minimum atomic E-state index is -0.309. The molecule has 0 spiro atoms. The van der Waals surface area contributed by atoms with Gasteiger partial charge in [-0.2, -0.15) is 0 Å². The number of nitrogens with zero attached hydrogens (tertiary/aromatic N) is 3. The van der Waals surface area contributed by atoms with Crippen molar-refractivity contribution >= 4 is 23.2 Å². The predicted octanol–water partition coefficient (Wildman–Crippen LogP) is 3.73. The van der Waals surface area contributed by atoms with Crippen LogP contribution in [0.25, 0.3) is 0 Å². The third-order valence-corrected chi connectivity index (χ3v) is 8.08. The third-order valence-electron chi connectivity index (χ3n) is 7.09. The van der Waals surface area contributed by atoms with Crippen LogP contribution in [0.3, 0.4) is 0 Å². The molecule has 1 saturated carbocycles. The summed E-state index contributed by atoms with van der Waals surface area (Å²) in [6, 6.07) is 7.80. The highest BCUT2D eigenvalue weighted by atomic mass is 32.1. The predicted molar refractivity (Wildman–Crippen MR) is 129 cm³/mol. The number of amides is 2. The Labute approximate surface area is 204 Å². The van der Waals surface area contributed by atoms with Gasteiger partial charge < -0.3 is 19.4 Å². The number of fused-ring (bicyclic) bond motifs is 1. The number of likely N-dealkylation sites (tertiary alicyclic amines) is 1. The van der Waals surface area contributed by atoms with Gasteiger partial charge in [0.2, 0.25) is 11.8 Å². The Hall–Kier alpha value is -2.45. The first-order valence-corrected chi connectivity index (χ1v) is 13.2. The summed E-state index contributed by atoms with van der Waals surface area (Å²) in [5.41, 5.74) is 1.11. The molecule has 1 aromatic carbocycles. The average molecular weight is 486 g/mol. The van der Waals surface area contributed by atoms with E-state index in [9.17, 15) is 14.0 Å². The SMILES string of the molecule is O=C(C1CC1)N(CCN1CCCC1)CC(=O)N1CCc2sccc2[C@@H]1COc1ccc(F)cc1. The molecular weight excluding hydrogens is 453 g/mol. The summed E-state index contributed by atoms with van der Waals surface area (Å²) in [7, 11) is 0. The van der Waals surface area contributed by atoms with Crippen LogP contribution in [-0.4, -0.2) is 72.4 Å². The Morgan fingerprint density at radius 1 is 1.09 bits per heavy atom. The van der Waals surface area contributed by atoms with Gasteiger partial charge in [0.05, 0.1) is 12.6 Å². The fourth-order valence-electron chi connectivity index (χ4n) is 4.96. The van der Waals surface area contributed by atoms with Crippen molar-refractivity contribution in [1.29, 1.82) is 0 Å². The molecule has 0 radical (unpaired) electrons. The largest absolute Gasteiger partial charge is 0.491 e. The van der Waals surface area contributed by atoms with Crippen LogP contribution in [0.2, 0.25) is 0 Å². The van der Waals surface area contributed by atoms with Crippen LogP contribution in [0, 0.1) is 11.7 Å². The Balaban J connectivity index is 1.28. The van der Waals surface area contributed by atoms with E-state index in [0.29, 0.717) is 25.4 Å². The van der Waals surface area contributed by atoms with E-state index in [2.05, 4.69) is 16.3 Å². The molecular formula is C26H32FN3O3S. The lowest BCUT2D eigenvalue weighted by Gasteiger charge is -2.37. The topological polar surface area (TPSA) is 53.1 Å². The first-order valence-electron chi connectivity index (χ1n) is 12.3. The molecule has 34 heavy (non-hydrogen) atoms. The van der Waals surface area contributed by atoms with E-state index in [1.165, 1.54) is 29.9 Å². The summed E-state index contributed by atoms with van der Waals surface area (Å²) in [6.07, 6.45) is 5.10. The van der Waals surface area contributed by atoms with Crippen molar-refractivity contribution in [2.75, 3.05) is 45.9 Å². The highest BCUT2D eigenvalue weighted by Gasteiger charge is 2.37. The van der Waals surface area contributed by atoms with Crippen molar-refractivity contribution in [2.45, 2.75) is 38.1 Å². The number of benzene rings is 1. The van der Waals surface area contributed by atoms with Crippen molar-refractivity contribution in [1.82, 2.24) is 14.7 Å². The maximum Gasteiger partial charge on any atom is 0.242 e.